The van der Waals surface area contributed by atoms with Gasteiger partial charge < -0.3 is 15.7 Å². The van der Waals surface area contributed by atoms with Gasteiger partial charge in [-0.2, -0.15) is 0 Å². The van der Waals surface area contributed by atoms with Crippen LogP contribution in [0.1, 0.15) is 46.5 Å². The number of carbonyl (C=O) groups excluding carboxylic acids is 1. The molecule has 5 nitrogen and oxygen atoms in total. The Bertz CT molecular complexity index is 319. The lowest BCUT2D eigenvalue weighted by Gasteiger charge is -2.32. The lowest BCUT2D eigenvalue weighted by molar-refractivity contribution is -0.147. The molecule has 1 aliphatic heterocycles. The Morgan fingerprint density at radius 2 is 2.17 bits per heavy atom. The second kappa shape index (κ2) is 6.18. The van der Waals surface area contributed by atoms with Crippen molar-refractivity contribution in [3.8, 4) is 0 Å². The molecule has 0 aromatic carbocycles. The van der Waals surface area contributed by atoms with Crippen molar-refractivity contribution in [1.82, 2.24) is 10.6 Å². The van der Waals surface area contributed by atoms with Crippen LogP contribution in [0.2, 0.25) is 0 Å². The summed E-state index contributed by atoms with van der Waals surface area (Å²) in [5.74, 6) is -0.661. The van der Waals surface area contributed by atoms with Gasteiger partial charge >= 0.3 is 5.97 Å². The molecule has 1 fully saturated rings. The molecule has 0 bridgehead atoms. The summed E-state index contributed by atoms with van der Waals surface area (Å²) in [6, 6.07) is -0.260. The molecule has 0 radical (unpaired) electrons. The van der Waals surface area contributed by atoms with Crippen molar-refractivity contribution in [3.63, 3.8) is 0 Å². The molecule has 18 heavy (non-hydrogen) atoms. The average molecular weight is 256 g/mol. The Morgan fingerprint density at radius 3 is 2.67 bits per heavy atom. The zero-order valence-corrected chi connectivity index (χ0v) is 11.5. The van der Waals surface area contributed by atoms with Gasteiger partial charge in [0, 0.05) is 0 Å². The highest BCUT2D eigenvalue weighted by Crippen LogP contribution is 2.17. The molecule has 3 N–H and O–H groups in total. The van der Waals surface area contributed by atoms with Crippen LogP contribution in [0.15, 0.2) is 0 Å². The standard InChI is InChI=1S/C13H24N2O3/c1-4-6-13(3,12(17)18)15-11(16)10-8-9(2)5-7-14-10/h9-10,14H,4-8H2,1-3H3,(H,15,16)(H,17,18). The third-order valence-corrected chi connectivity index (χ3v) is 3.60. The zero-order valence-electron chi connectivity index (χ0n) is 11.5. The Hall–Kier alpha value is -1.10. The Morgan fingerprint density at radius 1 is 1.50 bits per heavy atom. The highest BCUT2D eigenvalue weighted by molar-refractivity contribution is 5.89. The van der Waals surface area contributed by atoms with E-state index < -0.39 is 11.5 Å². The largest absolute Gasteiger partial charge is 0.480 e. The van der Waals surface area contributed by atoms with Crippen molar-refractivity contribution >= 4 is 11.9 Å². The summed E-state index contributed by atoms with van der Waals surface area (Å²) in [6.07, 6.45) is 3.00. The van der Waals surface area contributed by atoms with Crippen LogP contribution in [0.4, 0.5) is 0 Å². The first kappa shape index (κ1) is 15.0. The third kappa shape index (κ3) is 3.70. The maximum Gasteiger partial charge on any atom is 0.329 e. The van der Waals surface area contributed by atoms with Crippen LogP contribution >= 0.6 is 0 Å². The van der Waals surface area contributed by atoms with E-state index in [2.05, 4.69) is 17.6 Å². The van der Waals surface area contributed by atoms with E-state index in [0.717, 1.165) is 25.8 Å². The topological polar surface area (TPSA) is 78.4 Å². The zero-order chi connectivity index (χ0) is 13.8. The summed E-state index contributed by atoms with van der Waals surface area (Å²) >= 11 is 0. The van der Waals surface area contributed by atoms with Crippen LogP contribution in [0.5, 0.6) is 0 Å². The van der Waals surface area contributed by atoms with Crippen molar-refractivity contribution in [1.29, 1.82) is 0 Å². The first-order valence-corrected chi connectivity index (χ1v) is 6.68. The van der Waals surface area contributed by atoms with Crippen molar-refractivity contribution in [3.05, 3.63) is 0 Å². The fourth-order valence-electron chi connectivity index (χ4n) is 2.39. The molecule has 0 saturated carbocycles. The number of piperidine rings is 1. The molecule has 1 aliphatic rings. The Kier molecular flexibility index (Phi) is 5.14. The van der Waals surface area contributed by atoms with Crippen molar-refractivity contribution in [2.24, 2.45) is 5.92 Å². The summed E-state index contributed by atoms with van der Waals surface area (Å²) in [6.45, 7) is 6.41. The van der Waals surface area contributed by atoms with Gasteiger partial charge in [-0.15, -0.1) is 0 Å². The third-order valence-electron chi connectivity index (χ3n) is 3.60. The number of hydrogen-bond donors (Lipinski definition) is 3. The van der Waals surface area contributed by atoms with Gasteiger partial charge in [-0.1, -0.05) is 20.3 Å². The maximum absolute atomic E-state index is 12.1. The van der Waals surface area contributed by atoms with Crippen molar-refractivity contribution in [2.45, 2.75) is 58.0 Å². The molecule has 104 valence electrons. The van der Waals surface area contributed by atoms with Crippen LogP contribution in [-0.2, 0) is 9.59 Å². The van der Waals surface area contributed by atoms with Gasteiger partial charge in [0.25, 0.3) is 0 Å². The van der Waals surface area contributed by atoms with Crippen LogP contribution in [0.3, 0.4) is 0 Å². The second-order valence-electron chi connectivity index (χ2n) is 5.51. The SMILES string of the molecule is CCCC(C)(NC(=O)C1CC(C)CCN1)C(=O)O. The summed E-state index contributed by atoms with van der Waals surface area (Å²) in [7, 11) is 0. The lowest BCUT2D eigenvalue weighted by Crippen LogP contribution is -2.58. The smallest absolute Gasteiger partial charge is 0.329 e. The summed E-state index contributed by atoms with van der Waals surface area (Å²) < 4.78 is 0. The number of rotatable bonds is 5. The highest BCUT2D eigenvalue weighted by Gasteiger charge is 2.36. The Labute approximate surface area is 108 Å². The maximum atomic E-state index is 12.1. The normalized spacial score (nSPS) is 27.3. The van der Waals surface area contributed by atoms with E-state index in [1.54, 1.807) is 6.92 Å². The molecule has 1 amide bonds. The van der Waals surface area contributed by atoms with Gasteiger partial charge in [-0.3, -0.25) is 4.79 Å². The van der Waals surface area contributed by atoms with Gasteiger partial charge in [0.1, 0.15) is 5.54 Å². The van der Waals surface area contributed by atoms with Gasteiger partial charge in [-0.25, -0.2) is 4.79 Å². The van der Waals surface area contributed by atoms with Crippen LogP contribution in [-0.4, -0.2) is 35.1 Å². The molecule has 5 heteroatoms. The lowest BCUT2D eigenvalue weighted by atomic mass is 9.91. The molecule has 3 unspecified atom stereocenters. The van der Waals surface area contributed by atoms with Gasteiger partial charge in [-0.05, 0) is 38.6 Å². The fraction of sp³-hybridized carbons (Fsp3) is 0.846. The molecule has 0 spiro atoms. The summed E-state index contributed by atoms with van der Waals surface area (Å²) in [5, 5.41) is 15.1. The number of carboxylic acids is 1. The van der Waals surface area contributed by atoms with Crippen LogP contribution < -0.4 is 10.6 Å². The summed E-state index contributed by atoms with van der Waals surface area (Å²) in [5.41, 5.74) is -1.16. The van der Waals surface area contributed by atoms with Crippen LogP contribution in [0, 0.1) is 5.92 Å². The predicted octanol–water partition coefficient (Wildman–Crippen LogP) is 1.13. The molecule has 3 atom stereocenters. The van der Waals surface area contributed by atoms with Gasteiger partial charge in [0.15, 0.2) is 0 Å². The molecular weight excluding hydrogens is 232 g/mol. The van der Waals surface area contributed by atoms with Crippen LogP contribution in [0.25, 0.3) is 0 Å². The number of aliphatic carboxylic acids is 1. The molecule has 0 aromatic rings. The number of amides is 1. The molecule has 0 aromatic heterocycles. The van der Waals surface area contributed by atoms with E-state index >= 15 is 0 Å². The molecular formula is C13H24N2O3. The molecule has 0 aliphatic carbocycles. The fourth-order valence-corrected chi connectivity index (χ4v) is 2.39. The van der Waals surface area contributed by atoms with Gasteiger partial charge in [0.2, 0.25) is 5.91 Å². The average Bonchev–Trinajstić information content (AvgIpc) is 2.29. The van der Waals surface area contributed by atoms with E-state index in [-0.39, 0.29) is 11.9 Å². The monoisotopic (exact) mass is 256 g/mol. The van der Waals surface area contributed by atoms with E-state index in [4.69, 9.17) is 0 Å². The van der Waals surface area contributed by atoms with Crippen molar-refractivity contribution < 1.29 is 14.7 Å². The van der Waals surface area contributed by atoms with E-state index in [0.29, 0.717) is 12.3 Å². The Balaban J connectivity index is 2.63. The highest BCUT2D eigenvalue weighted by atomic mass is 16.4. The second-order valence-corrected chi connectivity index (χ2v) is 5.51. The molecule has 1 rings (SSSR count). The number of carbonyl (C=O) groups is 2. The van der Waals surface area contributed by atoms with E-state index in [9.17, 15) is 14.7 Å². The number of nitrogens with one attached hydrogen (secondary N) is 2. The first-order valence-electron chi connectivity index (χ1n) is 6.68. The predicted molar refractivity (Wildman–Crippen MR) is 69.3 cm³/mol. The quantitative estimate of drug-likeness (QED) is 0.689. The summed E-state index contributed by atoms with van der Waals surface area (Å²) in [4.78, 5) is 23.4. The van der Waals surface area contributed by atoms with Crippen molar-refractivity contribution in [2.75, 3.05) is 6.54 Å². The van der Waals surface area contributed by atoms with Gasteiger partial charge in [0.05, 0.1) is 6.04 Å². The minimum atomic E-state index is -1.16. The number of hydrogen-bond acceptors (Lipinski definition) is 3. The number of carboxylic acid groups (broad SMARTS) is 1. The molecule has 1 heterocycles. The molecule has 1 saturated heterocycles. The van der Waals surface area contributed by atoms with E-state index in [1.165, 1.54) is 0 Å². The minimum absolute atomic E-state index is 0.195. The first-order chi connectivity index (χ1) is 8.39. The van der Waals surface area contributed by atoms with E-state index in [1.807, 2.05) is 6.92 Å². The minimum Gasteiger partial charge on any atom is -0.480 e.